The molecule has 3 heterocycles. The molecule has 3 rings (SSSR count). The molecule has 0 unspecified atom stereocenters. The lowest BCUT2D eigenvalue weighted by atomic mass is 9.95. The topological polar surface area (TPSA) is 63.1 Å². The zero-order valence-electron chi connectivity index (χ0n) is 22.5. The molecule has 0 N–H and O–H groups in total. The van der Waals surface area contributed by atoms with Gasteiger partial charge < -0.3 is 19.3 Å². The van der Waals surface area contributed by atoms with Gasteiger partial charge in [0.05, 0.1) is 18.1 Å². The third-order valence-corrected chi connectivity index (χ3v) is 8.43. The average Bonchev–Trinajstić information content (AvgIpc) is 3.20. The summed E-state index contributed by atoms with van der Waals surface area (Å²) >= 11 is 0. The summed E-state index contributed by atoms with van der Waals surface area (Å²) in [6, 6.07) is 1.54. The third kappa shape index (κ3) is 8.57. The van der Waals surface area contributed by atoms with Crippen molar-refractivity contribution in [2.24, 2.45) is 5.92 Å². The minimum absolute atomic E-state index is 0.186. The van der Waals surface area contributed by atoms with E-state index in [9.17, 15) is 4.79 Å². The maximum atomic E-state index is 12.4. The van der Waals surface area contributed by atoms with Crippen molar-refractivity contribution >= 4 is 19.9 Å². The highest BCUT2D eigenvalue weighted by Gasteiger charge is 2.31. The van der Waals surface area contributed by atoms with E-state index in [1.54, 1.807) is 0 Å². The van der Waals surface area contributed by atoms with Crippen LogP contribution in [0.3, 0.4) is 0 Å². The minimum Gasteiger partial charge on any atom is -0.444 e. The molecular weight excluding hydrogens is 446 g/mol. The zero-order chi connectivity index (χ0) is 24.9. The van der Waals surface area contributed by atoms with Gasteiger partial charge in [0, 0.05) is 60.0 Å². The molecule has 0 bridgehead atoms. The standard InChI is InChI=1S/C25H47N5O3Si/c1-21-17-29(24(31)33-25(2,3)4)13-12-28(21)18-22-8-10-27(11-9-22)23-16-26-30(19-23)20-32-14-15-34(5,6)7/h16,19,21-22H,8-15,17-18,20H2,1-7H3/t21-/m1/s1. The summed E-state index contributed by atoms with van der Waals surface area (Å²) in [6.07, 6.45) is 6.29. The lowest BCUT2D eigenvalue weighted by Crippen LogP contribution is -2.55. The Balaban J connectivity index is 1.38. The molecule has 1 amide bonds. The van der Waals surface area contributed by atoms with Gasteiger partial charge in [-0.15, -0.1) is 0 Å². The van der Waals surface area contributed by atoms with Crippen LogP contribution in [0.25, 0.3) is 0 Å². The Morgan fingerprint density at radius 3 is 2.47 bits per heavy atom. The molecule has 1 aromatic rings. The van der Waals surface area contributed by atoms with Crippen molar-refractivity contribution < 1.29 is 14.3 Å². The quantitative estimate of drug-likeness (QED) is 0.396. The van der Waals surface area contributed by atoms with E-state index in [1.165, 1.54) is 24.6 Å². The maximum absolute atomic E-state index is 12.4. The number of amides is 1. The molecule has 194 valence electrons. The van der Waals surface area contributed by atoms with Crippen LogP contribution in [0.1, 0.15) is 40.5 Å². The molecule has 8 nitrogen and oxygen atoms in total. The fourth-order valence-electron chi connectivity index (χ4n) is 4.59. The van der Waals surface area contributed by atoms with Crippen molar-refractivity contribution in [1.29, 1.82) is 0 Å². The van der Waals surface area contributed by atoms with Crippen LogP contribution >= 0.6 is 0 Å². The number of piperidine rings is 1. The summed E-state index contributed by atoms with van der Waals surface area (Å²) in [5.74, 6) is 0.701. The smallest absolute Gasteiger partial charge is 0.410 e. The number of carbonyl (C=O) groups excluding carboxylic acids is 1. The SMILES string of the molecule is C[C@@H]1CN(C(=O)OC(C)(C)C)CCN1CC1CCN(c2cnn(COCC[Si](C)(C)C)c2)CC1. The van der Waals surface area contributed by atoms with E-state index >= 15 is 0 Å². The van der Waals surface area contributed by atoms with E-state index < -0.39 is 13.7 Å². The van der Waals surface area contributed by atoms with Gasteiger partial charge in [-0.2, -0.15) is 5.10 Å². The van der Waals surface area contributed by atoms with Crippen molar-refractivity contribution in [2.75, 3.05) is 50.8 Å². The number of anilines is 1. The highest BCUT2D eigenvalue weighted by Crippen LogP contribution is 2.25. The molecule has 0 aromatic carbocycles. The van der Waals surface area contributed by atoms with Gasteiger partial charge in [-0.05, 0) is 52.5 Å². The van der Waals surface area contributed by atoms with Crippen molar-refractivity contribution in [3.63, 3.8) is 0 Å². The zero-order valence-corrected chi connectivity index (χ0v) is 23.5. The van der Waals surface area contributed by atoms with Crippen LogP contribution < -0.4 is 4.90 Å². The fourth-order valence-corrected chi connectivity index (χ4v) is 5.34. The number of carbonyl (C=O) groups is 1. The molecule has 34 heavy (non-hydrogen) atoms. The first kappa shape index (κ1) is 27.0. The Kier molecular flexibility index (Phi) is 9.08. The second-order valence-electron chi connectivity index (χ2n) is 12.3. The van der Waals surface area contributed by atoms with Crippen molar-refractivity contribution in [3.05, 3.63) is 12.4 Å². The Hall–Kier alpha value is -1.58. The number of hydrogen-bond donors (Lipinski definition) is 0. The molecule has 1 atom stereocenters. The molecule has 0 saturated carbocycles. The molecule has 0 spiro atoms. The summed E-state index contributed by atoms with van der Waals surface area (Å²) in [5, 5.41) is 4.50. The van der Waals surface area contributed by atoms with Crippen LogP contribution in [-0.2, 0) is 16.2 Å². The second kappa shape index (κ2) is 11.4. The van der Waals surface area contributed by atoms with Crippen LogP contribution in [0.15, 0.2) is 12.4 Å². The molecule has 1 aromatic heterocycles. The van der Waals surface area contributed by atoms with E-state index in [0.29, 0.717) is 18.7 Å². The van der Waals surface area contributed by atoms with Crippen LogP contribution in [0.5, 0.6) is 0 Å². The fraction of sp³-hybridized carbons (Fsp3) is 0.840. The molecule has 2 aliphatic rings. The number of ether oxygens (including phenoxy) is 2. The van der Waals surface area contributed by atoms with Gasteiger partial charge in [0.25, 0.3) is 0 Å². The van der Waals surface area contributed by atoms with Crippen molar-refractivity contribution in [3.8, 4) is 0 Å². The van der Waals surface area contributed by atoms with Gasteiger partial charge in [-0.1, -0.05) is 19.6 Å². The number of rotatable bonds is 8. The highest BCUT2D eigenvalue weighted by molar-refractivity contribution is 6.76. The Bertz CT molecular complexity index is 780. The molecule has 2 fully saturated rings. The number of aromatic nitrogens is 2. The third-order valence-electron chi connectivity index (χ3n) is 6.73. The predicted octanol–water partition coefficient (Wildman–Crippen LogP) is 4.35. The first-order chi connectivity index (χ1) is 15.9. The first-order valence-corrected chi connectivity index (χ1v) is 16.7. The number of nitrogens with zero attached hydrogens (tertiary/aromatic N) is 5. The largest absolute Gasteiger partial charge is 0.444 e. The summed E-state index contributed by atoms with van der Waals surface area (Å²) in [4.78, 5) is 19.3. The molecular formula is C25H47N5O3Si. The summed E-state index contributed by atoms with van der Waals surface area (Å²) < 4.78 is 13.3. The van der Waals surface area contributed by atoms with E-state index in [2.05, 4.69) is 47.7 Å². The second-order valence-corrected chi connectivity index (χ2v) is 17.9. The lowest BCUT2D eigenvalue weighted by Gasteiger charge is -2.42. The van der Waals surface area contributed by atoms with Gasteiger partial charge in [0.2, 0.25) is 0 Å². The summed E-state index contributed by atoms with van der Waals surface area (Å²) in [6.45, 7) is 22.1. The van der Waals surface area contributed by atoms with Gasteiger partial charge >= 0.3 is 6.09 Å². The van der Waals surface area contributed by atoms with E-state index in [1.807, 2.05) is 36.5 Å². The number of hydrogen-bond acceptors (Lipinski definition) is 6. The molecule has 9 heteroatoms. The Labute approximate surface area is 207 Å². The first-order valence-electron chi connectivity index (χ1n) is 13.0. The average molecular weight is 494 g/mol. The molecule has 0 aliphatic carbocycles. The normalized spacial score (nSPS) is 21.2. The van der Waals surface area contributed by atoms with Gasteiger partial charge in [0.1, 0.15) is 12.3 Å². The Morgan fingerprint density at radius 1 is 1.15 bits per heavy atom. The monoisotopic (exact) mass is 493 g/mol. The number of piperazine rings is 1. The minimum atomic E-state index is -1.05. The Morgan fingerprint density at radius 2 is 1.85 bits per heavy atom. The van der Waals surface area contributed by atoms with Crippen LogP contribution in [0.4, 0.5) is 10.5 Å². The van der Waals surface area contributed by atoms with Crippen LogP contribution in [0.2, 0.25) is 25.7 Å². The highest BCUT2D eigenvalue weighted by atomic mass is 28.3. The summed E-state index contributed by atoms with van der Waals surface area (Å²) in [7, 11) is -1.05. The van der Waals surface area contributed by atoms with Gasteiger partial charge in [0.15, 0.2) is 0 Å². The van der Waals surface area contributed by atoms with E-state index in [0.717, 1.165) is 45.9 Å². The molecule has 2 aliphatic heterocycles. The predicted molar refractivity (Wildman–Crippen MR) is 140 cm³/mol. The van der Waals surface area contributed by atoms with Crippen LogP contribution in [-0.4, -0.2) is 91.3 Å². The van der Waals surface area contributed by atoms with Crippen molar-refractivity contribution in [2.45, 2.75) is 84.6 Å². The van der Waals surface area contributed by atoms with Crippen LogP contribution in [0, 0.1) is 5.92 Å². The van der Waals surface area contributed by atoms with Gasteiger partial charge in [-0.25, -0.2) is 9.48 Å². The summed E-state index contributed by atoms with van der Waals surface area (Å²) in [5.41, 5.74) is 0.759. The van der Waals surface area contributed by atoms with Gasteiger partial charge in [-0.3, -0.25) is 4.90 Å². The van der Waals surface area contributed by atoms with E-state index in [-0.39, 0.29) is 6.09 Å². The lowest BCUT2D eigenvalue weighted by molar-refractivity contribution is 0.00308. The molecule has 2 saturated heterocycles. The molecule has 0 radical (unpaired) electrons. The van der Waals surface area contributed by atoms with Crippen molar-refractivity contribution in [1.82, 2.24) is 19.6 Å². The maximum Gasteiger partial charge on any atom is 0.410 e. The van der Waals surface area contributed by atoms with E-state index in [4.69, 9.17) is 9.47 Å².